The molecule has 0 amide bonds. The summed E-state index contributed by atoms with van der Waals surface area (Å²) in [5, 5.41) is 10.4. The van der Waals surface area contributed by atoms with Gasteiger partial charge in [-0.3, -0.25) is 9.78 Å². The molecule has 4 heterocycles. The van der Waals surface area contributed by atoms with Crippen LogP contribution in [0.3, 0.4) is 0 Å². The van der Waals surface area contributed by atoms with Crippen molar-refractivity contribution in [3.8, 4) is 21.7 Å². The first-order valence-corrected chi connectivity index (χ1v) is 12.3. The van der Waals surface area contributed by atoms with Gasteiger partial charge in [-0.2, -0.15) is 0 Å². The van der Waals surface area contributed by atoms with E-state index < -0.39 is 0 Å². The van der Waals surface area contributed by atoms with Crippen LogP contribution in [0.2, 0.25) is 0 Å². The Bertz CT molecular complexity index is 1750. The summed E-state index contributed by atoms with van der Waals surface area (Å²) in [5.74, 6) is -0.0625. The van der Waals surface area contributed by atoms with Gasteiger partial charge in [0, 0.05) is 42.1 Å². The summed E-state index contributed by atoms with van der Waals surface area (Å²) < 4.78 is 7.29. The van der Waals surface area contributed by atoms with Crippen molar-refractivity contribution in [2.45, 2.75) is 20.8 Å². The summed E-state index contributed by atoms with van der Waals surface area (Å²) in [6, 6.07) is 28.1. The van der Waals surface area contributed by atoms with Gasteiger partial charge in [-0.05, 0) is 56.3 Å². The molecule has 5 nitrogen and oxygen atoms in total. The monoisotopic (exact) mass is 684 g/mol. The maximum absolute atomic E-state index is 10.0. The van der Waals surface area contributed by atoms with Gasteiger partial charge in [-0.1, -0.05) is 47.3 Å². The average molecular weight is 684 g/mol. The van der Waals surface area contributed by atoms with Crippen molar-refractivity contribution < 1.29 is 34.4 Å². The van der Waals surface area contributed by atoms with Crippen LogP contribution in [-0.4, -0.2) is 20.9 Å². The van der Waals surface area contributed by atoms with Gasteiger partial charge >= 0.3 is 0 Å². The summed E-state index contributed by atoms with van der Waals surface area (Å²) in [7, 11) is 0. The second kappa shape index (κ2) is 11.2. The first kappa shape index (κ1) is 26.4. The Hall–Kier alpha value is -3.64. The van der Waals surface area contributed by atoms with Crippen LogP contribution in [0.15, 0.2) is 89.0 Å². The maximum Gasteiger partial charge on any atom is 0.216 e. The van der Waals surface area contributed by atoms with Gasteiger partial charge in [0.25, 0.3) is 0 Å². The quantitative estimate of drug-likeness (QED) is 0.116. The fraction of sp³-hybridized carbons (Fsp3) is 0.100. The number of carbonyl (C=O) groups excluding carboxylic acids is 1. The molecule has 187 valence electrons. The Morgan fingerprint density at radius 1 is 1.00 bits per heavy atom. The molecule has 4 aromatic heterocycles. The van der Waals surface area contributed by atoms with Crippen molar-refractivity contribution in [2.24, 2.45) is 0 Å². The first-order chi connectivity index (χ1) is 17.4. The molecular weight excluding hydrogens is 661 g/mol. The van der Waals surface area contributed by atoms with E-state index in [1.54, 1.807) is 11.3 Å². The van der Waals surface area contributed by atoms with Gasteiger partial charge in [0.15, 0.2) is 5.78 Å². The first-order valence-electron chi connectivity index (χ1n) is 11.4. The molecule has 0 atom stereocenters. The summed E-state index contributed by atoms with van der Waals surface area (Å²) >= 11 is 1.76. The van der Waals surface area contributed by atoms with Crippen molar-refractivity contribution >= 4 is 49.4 Å². The second-order valence-corrected chi connectivity index (χ2v) is 9.54. The summed E-state index contributed by atoms with van der Waals surface area (Å²) in [5.41, 5.74) is 6.30. The Kier molecular flexibility index (Phi) is 7.98. The summed E-state index contributed by atoms with van der Waals surface area (Å²) in [6.07, 6.45) is 1.17. The zero-order chi connectivity index (χ0) is 25.2. The number of hydrogen-bond donors (Lipinski definition) is 1. The van der Waals surface area contributed by atoms with Crippen molar-refractivity contribution in [1.82, 2.24) is 9.97 Å². The molecule has 0 aliphatic heterocycles. The Morgan fingerprint density at radius 2 is 1.78 bits per heavy atom. The zero-order valence-corrected chi connectivity index (χ0v) is 23.6. The van der Waals surface area contributed by atoms with Gasteiger partial charge in [0.1, 0.15) is 0 Å². The molecule has 0 unspecified atom stereocenters. The average Bonchev–Trinajstić information content (AvgIpc) is 3.44. The van der Waals surface area contributed by atoms with Crippen LogP contribution in [-0.2, 0) is 24.9 Å². The molecule has 6 aromatic rings. The van der Waals surface area contributed by atoms with Gasteiger partial charge in [0.05, 0.1) is 21.6 Å². The van der Waals surface area contributed by atoms with Crippen molar-refractivity contribution in [3.05, 3.63) is 96.4 Å². The summed E-state index contributed by atoms with van der Waals surface area (Å²) in [4.78, 5) is 20.7. The predicted octanol–water partition coefficient (Wildman–Crippen LogP) is 8.07. The topological polar surface area (TPSA) is 76.2 Å². The molecule has 0 saturated carbocycles. The fourth-order valence-corrected chi connectivity index (χ4v) is 5.01. The Morgan fingerprint density at radius 3 is 2.49 bits per heavy atom. The molecule has 6 rings (SSSR count). The van der Waals surface area contributed by atoms with E-state index in [1.807, 2.05) is 37.3 Å². The molecule has 0 spiro atoms. The molecule has 37 heavy (non-hydrogen) atoms. The third-order valence-corrected chi connectivity index (χ3v) is 6.68. The minimum Gasteiger partial charge on any atom is -0.512 e. The number of carbonyl (C=O) groups is 1. The van der Waals surface area contributed by atoms with Crippen molar-refractivity contribution in [2.75, 3.05) is 0 Å². The van der Waals surface area contributed by atoms with E-state index in [1.165, 1.54) is 35.1 Å². The molecule has 1 radical (unpaired) electrons. The van der Waals surface area contributed by atoms with E-state index in [-0.39, 0.29) is 31.6 Å². The Balaban J connectivity index is 0.000000356. The molecule has 7 heteroatoms. The third-order valence-electron chi connectivity index (χ3n) is 5.54. The van der Waals surface area contributed by atoms with Crippen LogP contribution in [0.25, 0.3) is 54.0 Å². The number of allylic oxidation sites excluding steroid dienone is 2. The number of thiophene rings is 1. The normalized spacial score (nSPS) is 11.3. The van der Waals surface area contributed by atoms with Crippen LogP contribution < -0.4 is 0 Å². The standard InChI is InChI=1S/C25H15N2OS.C5H8O2.Ir/c1-15-10-11-18-17-8-5-9-19(24(17)28-25(18)26-15)20-12-13-22-21(27-20)14-23(29-22)16-6-3-2-4-7-16;1-4(6)3-5(2)7;/h2-8,10-14H,1H3;3,6H,1-2H3;/q-1;;/b;4-3-;. The van der Waals surface area contributed by atoms with E-state index in [9.17, 15) is 4.79 Å². The fourth-order valence-electron chi connectivity index (χ4n) is 4.01. The molecule has 0 aliphatic carbocycles. The molecule has 0 fully saturated rings. The van der Waals surface area contributed by atoms with E-state index in [4.69, 9.17) is 14.5 Å². The van der Waals surface area contributed by atoms with Crippen LogP contribution >= 0.6 is 11.3 Å². The number of aryl methyl sites for hydroxylation is 1. The van der Waals surface area contributed by atoms with Crippen molar-refractivity contribution in [3.63, 3.8) is 0 Å². The zero-order valence-electron chi connectivity index (χ0n) is 20.4. The van der Waals surface area contributed by atoms with Gasteiger partial charge in [-0.15, -0.1) is 29.5 Å². The molecule has 0 bridgehead atoms. The Labute approximate surface area is 231 Å². The predicted molar refractivity (Wildman–Crippen MR) is 146 cm³/mol. The number of hydrogen-bond acceptors (Lipinski definition) is 6. The number of pyridine rings is 2. The van der Waals surface area contributed by atoms with E-state index >= 15 is 0 Å². The van der Waals surface area contributed by atoms with Crippen LogP contribution in [0.4, 0.5) is 0 Å². The van der Waals surface area contributed by atoms with Crippen LogP contribution in [0, 0.1) is 13.0 Å². The largest absolute Gasteiger partial charge is 0.512 e. The van der Waals surface area contributed by atoms with E-state index in [0.29, 0.717) is 5.71 Å². The number of benzene rings is 2. The number of aliphatic hydroxyl groups is 1. The minimum absolute atomic E-state index is 0. The van der Waals surface area contributed by atoms with Gasteiger partial charge < -0.3 is 9.52 Å². The number of aromatic nitrogens is 2. The number of rotatable bonds is 3. The number of fused-ring (bicyclic) bond motifs is 4. The number of nitrogens with zero attached hydrogens (tertiary/aromatic N) is 2. The van der Waals surface area contributed by atoms with Crippen molar-refractivity contribution in [1.29, 1.82) is 0 Å². The molecule has 1 N–H and O–H groups in total. The SMILES string of the molecule is CC(=O)/C=C(/C)O.Cc1ccc2c(n1)oc1c(-c3ccc4sc(-c5ccccc5)cc4n3)[c-]ccc12.[Ir]. The minimum atomic E-state index is -0.125. The molecule has 0 saturated heterocycles. The van der Waals surface area contributed by atoms with Crippen LogP contribution in [0.1, 0.15) is 19.5 Å². The second-order valence-electron chi connectivity index (χ2n) is 8.46. The van der Waals surface area contributed by atoms with Gasteiger partial charge in [-0.25, -0.2) is 4.98 Å². The van der Waals surface area contributed by atoms with Crippen LogP contribution in [0.5, 0.6) is 0 Å². The number of aliphatic hydroxyl groups excluding tert-OH is 1. The molecule has 0 aliphatic rings. The molecular formula is C30H23IrN2O3S-. The van der Waals surface area contributed by atoms with E-state index in [2.05, 4.69) is 53.5 Å². The maximum atomic E-state index is 10.0. The summed E-state index contributed by atoms with van der Waals surface area (Å²) in [6.45, 7) is 4.82. The van der Waals surface area contributed by atoms with E-state index in [0.717, 1.165) is 38.8 Å². The number of furan rings is 1. The third kappa shape index (κ3) is 5.70. The number of ketones is 1. The van der Waals surface area contributed by atoms with Gasteiger partial charge in [0.2, 0.25) is 5.71 Å². The smallest absolute Gasteiger partial charge is 0.216 e. The molecule has 2 aromatic carbocycles.